The van der Waals surface area contributed by atoms with E-state index in [9.17, 15) is 9.59 Å². The van der Waals surface area contributed by atoms with Crippen molar-refractivity contribution in [3.05, 3.63) is 0 Å². The van der Waals surface area contributed by atoms with Gasteiger partial charge in [-0.15, -0.1) is 0 Å². The number of carbonyl (C=O) groups excluding carboxylic acids is 2. The summed E-state index contributed by atoms with van der Waals surface area (Å²) in [5.74, 6) is -0.183. The third-order valence-corrected chi connectivity index (χ3v) is 3.82. The van der Waals surface area contributed by atoms with E-state index in [1.54, 1.807) is 0 Å². The molecule has 0 aromatic carbocycles. The Labute approximate surface area is 122 Å². The van der Waals surface area contributed by atoms with Gasteiger partial charge in [0.25, 0.3) is 0 Å². The molecular formula is C16H28O4. The number of carbonyl (C=O) groups is 2. The molecule has 0 radical (unpaired) electrons. The number of hydrogen-bond acceptors (Lipinski definition) is 4. The first-order valence-electron chi connectivity index (χ1n) is 8.00. The highest BCUT2D eigenvalue weighted by molar-refractivity contribution is 5.74. The first-order chi connectivity index (χ1) is 9.59. The van der Waals surface area contributed by atoms with Crippen molar-refractivity contribution in [3.8, 4) is 0 Å². The molecular weight excluding hydrogens is 256 g/mol. The molecule has 1 aliphatic carbocycles. The van der Waals surface area contributed by atoms with Gasteiger partial charge in [-0.3, -0.25) is 0 Å². The quantitative estimate of drug-likeness (QED) is 0.400. The van der Waals surface area contributed by atoms with Crippen LogP contribution in [0.2, 0.25) is 0 Å². The maximum Gasteiger partial charge on any atom is 0.358 e. The smallest absolute Gasteiger partial charge is 0.247 e. The van der Waals surface area contributed by atoms with E-state index in [0.717, 1.165) is 44.9 Å². The van der Waals surface area contributed by atoms with Crippen molar-refractivity contribution in [2.24, 2.45) is 11.8 Å². The van der Waals surface area contributed by atoms with Gasteiger partial charge >= 0.3 is 11.9 Å². The fourth-order valence-corrected chi connectivity index (χ4v) is 2.53. The summed E-state index contributed by atoms with van der Waals surface area (Å²) in [6, 6.07) is 0. The molecule has 0 saturated heterocycles. The predicted octanol–water partition coefficient (Wildman–Crippen LogP) is 4.17. The van der Waals surface area contributed by atoms with Gasteiger partial charge in [0.2, 0.25) is 0 Å². The van der Waals surface area contributed by atoms with Crippen LogP contribution in [0, 0.1) is 11.8 Å². The number of hydrogen-bond donors (Lipinski definition) is 0. The van der Waals surface area contributed by atoms with E-state index in [0.29, 0.717) is 12.3 Å². The van der Waals surface area contributed by atoms with Gasteiger partial charge in [0.05, 0.1) is 12.3 Å². The van der Waals surface area contributed by atoms with Crippen molar-refractivity contribution >= 4 is 11.9 Å². The van der Waals surface area contributed by atoms with Crippen molar-refractivity contribution in [2.75, 3.05) is 0 Å². The first-order valence-corrected chi connectivity index (χ1v) is 8.00. The molecule has 0 aromatic rings. The van der Waals surface area contributed by atoms with Crippen LogP contribution in [0.3, 0.4) is 0 Å². The van der Waals surface area contributed by atoms with E-state index in [2.05, 4.69) is 23.6 Å². The van der Waals surface area contributed by atoms with Crippen LogP contribution < -0.4 is 0 Å². The van der Waals surface area contributed by atoms with Crippen LogP contribution in [0.5, 0.6) is 0 Å². The fourth-order valence-electron chi connectivity index (χ4n) is 2.53. The molecule has 4 nitrogen and oxygen atoms in total. The molecule has 0 unspecified atom stereocenters. The van der Waals surface area contributed by atoms with E-state index >= 15 is 0 Å². The van der Waals surface area contributed by atoms with E-state index in [4.69, 9.17) is 0 Å². The number of rotatable bonds is 7. The van der Waals surface area contributed by atoms with E-state index < -0.39 is 5.97 Å². The lowest BCUT2D eigenvalue weighted by atomic mass is 9.89. The zero-order valence-electron chi connectivity index (χ0n) is 12.9. The largest absolute Gasteiger partial charge is 0.358 e. The molecule has 116 valence electrons. The third-order valence-electron chi connectivity index (χ3n) is 3.82. The highest BCUT2D eigenvalue weighted by Gasteiger charge is 2.24. The Kier molecular flexibility index (Phi) is 8.31. The molecule has 20 heavy (non-hydrogen) atoms. The van der Waals surface area contributed by atoms with Crippen molar-refractivity contribution in [3.63, 3.8) is 0 Å². The van der Waals surface area contributed by atoms with Crippen molar-refractivity contribution in [1.29, 1.82) is 0 Å². The van der Waals surface area contributed by atoms with Crippen molar-refractivity contribution in [2.45, 2.75) is 78.1 Å². The molecule has 1 rings (SSSR count). The molecule has 0 N–H and O–H groups in total. The molecule has 1 saturated carbocycles. The van der Waals surface area contributed by atoms with E-state index in [-0.39, 0.29) is 11.9 Å². The van der Waals surface area contributed by atoms with E-state index in [1.165, 1.54) is 12.8 Å². The molecule has 0 heterocycles. The van der Waals surface area contributed by atoms with Crippen molar-refractivity contribution in [1.82, 2.24) is 0 Å². The first kappa shape index (κ1) is 17.0. The van der Waals surface area contributed by atoms with Crippen LogP contribution >= 0.6 is 0 Å². The van der Waals surface area contributed by atoms with Crippen LogP contribution in [-0.4, -0.2) is 11.9 Å². The SMILES string of the molecule is CC(C)CCCCCC(=O)OOC(=O)C1CCCCC1. The lowest BCUT2D eigenvalue weighted by Crippen LogP contribution is -2.22. The zero-order valence-corrected chi connectivity index (χ0v) is 12.9. The lowest BCUT2D eigenvalue weighted by Gasteiger charge is -2.18. The highest BCUT2D eigenvalue weighted by atomic mass is 17.2. The molecule has 4 heteroatoms. The van der Waals surface area contributed by atoms with Crippen molar-refractivity contribution < 1.29 is 19.4 Å². The maximum atomic E-state index is 11.7. The second-order valence-corrected chi connectivity index (χ2v) is 6.19. The predicted molar refractivity (Wildman–Crippen MR) is 76.7 cm³/mol. The summed E-state index contributed by atoms with van der Waals surface area (Å²) in [5, 5.41) is 0. The summed E-state index contributed by atoms with van der Waals surface area (Å²) in [4.78, 5) is 32.3. The van der Waals surface area contributed by atoms with Crippen LogP contribution in [0.4, 0.5) is 0 Å². The van der Waals surface area contributed by atoms with Crippen LogP contribution in [-0.2, 0) is 19.4 Å². The third kappa shape index (κ3) is 7.51. The van der Waals surface area contributed by atoms with Gasteiger partial charge in [-0.05, 0) is 25.2 Å². The average Bonchev–Trinajstić information content (AvgIpc) is 2.45. The monoisotopic (exact) mass is 284 g/mol. The Hall–Kier alpha value is -1.06. The summed E-state index contributed by atoms with van der Waals surface area (Å²) >= 11 is 0. The minimum Gasteiger partial charge on any atom is -0.247 e. The molecule has 0 bridgehead atoms. The van der Waals surface area contributed by atoms with Gasteiger partial charge in [-0.1, -0.05) is 52.4 Å². The molecule has 0 aromatic heterocycles. The molecule has 1 aliphatic rings. The minimum absolute atomic E-state index is 0.0809. The van der Waals surface area contributed by atoms with Gasteiger partial charge in [-0.2, -0.15) is 0 Å². The zero-order chi connectivity index (χ0) is 14.8. The van der Waals surface area contributed by atoms with E-state index in [1.807, 2.05) is 0 Å². The standard InChI is InChI=1S/C16H28O4/c1-13(2)9-5-3-8-12-15(17)19-20-16(18)14-10-6-4-7-11-14/h13-14H,3-12H2,1-2H3. The lowest BCUT2D eigenvalue weighted by molar-refractivity contribution is -0.262. The topological polar surface area (TPSA) is 52.6 Å². The summed E-state index contributed by atoms with van der Waals surface area (Å²) in [6.07, 6.45) is 9.47. The Morgan fingerprint density at radius 3 is 2.35 bits per heavy atom. The normalized spacial score (nSPS) is 16.1. The molecule has 0 atom stereocenters. The fraction of sp³-hybridized carbons (Fsp3) is 0.875. The average molecular weight is 284 g/mol. The summed E-state index contributed by atoms with van der Waals surface area (Å²) in [6.45, 7) is 4.39. The summed E-state index contributed by atoms with van der Waals surface area (Å²) in [5.41, 5.74) is 0. The van der Waals surface area contributed by atoms with Gasteiger partial charge in [0.1, 0.15) is 0 Å². The summed E-state index contributed by atoms with van der Waals surface area (Å²) in [7, 11) is 0. The summed E-state index contributed by atoms with van der Waals surface area (Å²) < 4.78 is 0. The van der Waals surface area contributed by atoms with Gasteiger partial charge in [0.15, 0.2) is 0 Å². The minimum atomic E-state index is -0.432. The maximum absolute atomic E-state index is 11.7. The number of unbranched alkanes of at least 4 members (excludes halogenated alkanes) is 2. The van der Waals surface area contributed by atoms with Crippen LogP contribution in [0.15, 0.2) is 0 Å². The Morgan fingerprint density at radius 2 is 1.70 bits per heavy atom. The Bertz CT molecular complexity index is 293. The Balaban J connectivity index is 2.03. The molecule has 0 aliphatic heterocycles. The van der Waals surface area contributed by atoms with Gasteiger partial charge in [-0.25, -0.2) is 19.4 Å². The van der Waals surface area contributed by atoms with Gasteiger partial charge < -0.3 is 0 Å². The highest BCUT2D eigenvalue weighted by Crippen LogP contribution is 2.24. The molecule has 0 spiro atoms. The van der Waals surface area contributed by atoms with Crippen LogP contribution in [0.25, 0.3) is 0 Å². The second-order valence-electron chi connectivity index (χ2n) is 6.19. The molecule has 1 fully saturated rings. The Morgan fingerprint density at radius 1 is 1.00 bits per heavy atom. The second kappa shape index (κ2) is 9.78. The molecule has 0 amide bonds. The van der Waals surface area contributed by atoms with Crippen LogP contribution in [0.1, 0.15) is 78.1 Å². The van der Waals surface area contributed by atoms with Gasteiger partial charge in [0, 0.05) is 0 Å².